The molecule has 3 aromatic rings. The second kappa shape index (κ2) is 7.80. The van der Waals surface area contributed by atoms with Gasteiger partial charge in [-0.25, -0.2) is 8.42 Å². The summed E-state index contributed by atoms with van der Waals surface area (Å²) in [6.07, 6.45) is 3.53. The molecule has 0 spiro atoms. The number of carbonyl (C=O) groups is 2. The number of allylic oxidation sites excluding steroid dienone is 2. The monoisotopic (exact) mass is 447 g/mol. The highest BCUT2D eigenvalue weighted by Gasteiger charge is 2.35. The average Bonchev–Trinajstić information content (AvgIpc) is 3.01. The van der Waals surface area contributed by atoms with Crippen LogP contribution in [-0.4, -0.2) is 20.1 Å². The number of amides is 1. The van der Waals surface area contributed by atoms with Gasteiger partial charge in [-0.3, -0.25) is 19.3 Å². The van der Waals surface area contributed by atoms with Gasteiger partial charge in [0.2, 0.25) is 0 Å². The number of sulfonamides is 1. The molecule has 0 saturated carbocycles. The quantitative estimate of drug-likeness (QED) is 0.585. The van der Waals surface area contributed by atoms with Crippen molar-refractivity contribution in [3.63, 3.8) is 0 Å². The predicted octanol–water partition coefficient (Wildman–Crippen LogP) is 3.42. The summed E-state index contributed by atoms with van der Waals surface area (Å²) in [5.41, 5.74) is 7.97. The lowest BCUT2D eigenvalue weighted by atomic mass is 10.0. The molecule has 1 aliphatic heterocycles. The van der Waals surface area contributed by atoms with Crippen LogP contribution >= 0.6 is 0 Å². The number of rotatable bonds is 5. The number of nitrogens with one attached hydrogen (secondary N) is 2. The highest BCUT2D eigenvalue weighted by molar-refractivity contribution is 7.93. The molecule has 1 amide bonds. The van der Waals surface area contributed by atoms with Crippen molar-refractivity contribution in [2.45, 2.75) is 30.7 Å². The molecule has 1 heterocycles. The van der Waals surface area contributed by atoms with Gasteiger partial charge in [-0.15, -0.1) is 0 Å². The Labute approximate surface area is 185 Å². The molecule has 1 aliphatic carbocycles. The summed E-state index contributed by atoms with van der Waals surface area (Å²) in [6, 6.07) is 17.7. The van der Waals surface area contributed by atoms with E-state index in [-0.39, 0.29) is 18.2 Å². The lowest BCUT2D eigenvalue weighted by Crippen LogP contribution is -2.37. The van der Waals surface area contributed by atoms with Crippen LogP contribution in [0.1, 0.15) is 35.2 Å². The summed E-state index contributed by atoms with van der Waals surface area (Å²) >= 11 is 0. The van der Waals surface area contributed by atoms with E-state index in [0.717, 1.165) is 22.8 Å². The first-order chi connectivity index (χ1) is 15.4. The van der Waals surface area contributed by atoms with Gasteiger partial charge in [0.25, 0.3) is 15.9 Å². The maximum atomic E-state index is 13.1. The number of ketones is 1. The third-order valence-corrected chi connectivity index (χ3v) is 7.57. The van der Waals surface area contributed by atoms with Gasteiger partial charge >= 0.3 is 0 Å². The van der Waals surface area contributed by atoms with E-state index in [1.54, 1.807) is 36.4 Å². The molecule has 0 radical (unpaired) electrons. The molecule has 5 rings (SSSR count). The maximum absolute atomic E-state index is 13.1. The van der Waals surface area contributed by atoms with Crippen LogP contribution in [0.3, 0.4) is 0 Å². The second-order valence-electron chi connectivity index (χ2n) is 7.91. The van der Waals surface area contributed by atoms with Crippen molar-refractivity contribution in [2.24, 2.45) is 0 Å². The Morgan fingerprint density at radius 3 is 2.47 bits per heavy atom. The smallest absolute Gasteiger partial charge is 0.269 e. The van der Waals surface area contributed by atoms with Gasteiger partial charge < -0.3 is 5.43 Å². The van der Waals surface area contributed by atoms with E-state index >= 15 is 0 Å². The third-order valence-electron chi connectivity index (χ3n) is 5.76. The lowest BCUT2D eigenvalue weighted by molar-refractivity contribution is -0.115. The number of hydrogen-bond donors (Lipinski definition) is 2. The predicted molar refractivity (Wildman–Crippen MR) is 121 cm³/mol. The zero-order valence-electron chi connectivity index (χ0n) is 17.2. The Morgan fingerprint density at radius 2 is 1.72 bits per heavy atom. The second-order valence-corrected chi connectivity index (χ2v) is 9.74. The van der Waals surface area contributed by atoms with Gasteiger partial charge in [0.1, 0.15) is 0 Å². The molecule has 0 saturated heterocycles. The molecular weight excluding hydrogens is 426 g/mol. The molecule has 0 unspecified atom stereocenters. The van der Waals surface area contributed by atoms with Crippen LogP contribution in [0.5, 0.6) is 0 Å². The van der Waals surface area contributed by atoms with Crippen molar-refractivity contribution in [1.82, 2.24) is 10.9 Å². The number of carbonyl (C=O) groups excluding carboxylic acids is 2. The van der Waals surface area contributed by atoms with Crippen LogP contribution < -0.4 is 15.2 Å². The van der Waals surface area contributed by atoms with E-state index in [9.17, 15) is 18.0 Å². The molecule has 3 aromatic carbocycles. The van der Waals surface area contributed by atoms with Crippen LogP contribution in [0.2, 0.25) is 0 Å². The van der Waals surface area contributed by atoms with Crippen LogP contribution in [0.25, 0.3) is 10.8 Å². The average molecular weight is 448 g/mol. The summed E-state index contributed by atoms with van der Waals surface area (Å²) in [4.78, 5) is 24.2. The first-order valence-electron chi connectivity index (χ1n) is 10.4. The molecule has 0 aromatic heterocycles. The van der Waals surface area contributed by atoms with Crippen molar-refractivity contribution in [2.75, 3.05) is 4.31 Å². The van der Waals surface area contributed by atoms with E-state index in [2.05, 4.69) is 10.9 Å². The molecule has 0 bridgehead atoms. The van der Waals surface area contributed by atoms with Crippen molar-refractivity contribution in [3.05, 3.63) is 83.6 Å². The first-order valence-corrected chi connectivity index (χ1v) is 11.8. The van der Waals surface area contributed by atoms with Crippen LogP contribution in [0, 0.1) is 0 Å². The Hall–Kier alpha value is -3.65. The number of hydrogen-bond acceptors (Lipinski definition) is 5. The maximum Gasteiger partial charge on any atom is 0.269 e. The molecule has 0 fully saturated rings. The van der Waals surface area contributed by atoms with Gasteiger partial charge in [-0.05, 0) is 48.1 Å². The number of nitrogens with zero attached hydrogens (tertiary/aromatic N) is 1. The minimum Gasteiger partial charge on any atom is -0.302 e. The molecule has 32 heavy (non-hydrogen) atoms. The van der Waals surface area contributed by atoms with Gasteiger partial charge in [0, 0.05) is 29.1 Å². The summed E-state index contributed by atoms with van der Waals surface area (Å²) in [5.74, 6) is -0.284. The largest absolute Gasteiger partial charge is 0.302 e. The van der Waals surface area contributed by atoms with Crippen molar-refractivity contribution < 1.29 is 18.0 Å². The van der Waals surface area contributed by atoms with Crippen LogP contribution in [0.4, 0.5) is 5.69 Å². The van der Waals surface area contributed by atoms with E-state index in [4.69, 9.17) is 0 Å². The fourth-order valence-electron chi connectivity index (χ4n) is 4.16. The van der Waals surface area contributed by atoms with Gasteiger partial charge in [-0.2, -0.15) is 0 Å². The Balaban J connectivity index is 1.32. The van der Waals surface area contributed by atoms with E-state index in [0.29, 0.717) is 34.7 Å². The summed E-state index contributed by atoms with van der Waals surface area (Å²) in [5, 5.41) is 1.63. The van der Waals surface area contributed by atoms with E-state index in [1.807, 2.05) is 24.3 Å². The molecule has 7 nitrogen and oxygen atoms in total. The minimum atomic E-state index is -3.64. The fraction of sp³-hybridized carbons (Fsp3) is 0.167. The van der Waals surface area contributed by atoms with Gasteiger partial charge in [0.15, 0.2) is 5.78 Å². The highest BCUT2D eigenvalue weighted by Crippen LogP contribution is 2.42. The summed E-state index contributed by atoms with van der Waals surface area (Å²) in [7, 11) is -3.64. The Bertz CT molecular complexity index is 1370. The summed E-state index contributed by atoms with van der Waals surface area (Å²) < 4.78 is 27.7. The lowest BCUT2D eigenvalue weighted by Gasteiger charge is -2.19. The van der Waals surface area contributed by atoms with Crippen LogP contribution in [0.15, 0.2) is 77.3 Å². The Morgan fingerprint density at radius 1 is 0.969 bits per heavy atom. The normalized spacial score (nSPS) is 16.7. The number of benzene rings is 3. The van der Waals surface area contributed by atoms with Gasteiger partial charge in [-0.1, -0.05) is 36.4 Å². The fourth-order valence-corrected chi connectivity index (χ4v) is 5.85. The van der Waals surface area contributed by atoms with E-state index < -0.39 is 10.0 Å². The third kappa shape index (κ3) is 3.52. The number of anilines is 1. The standard InChI is InChI=1S/C24H21N3O4S/c28-20-7-3-6-19(14-20)25-26-24(29)18-12-10-16(11-13-18)15-27-21-8-1-4-17-5-2-9-22(23(17)21)32(27,30)31/h1-2,4-5,8-14,25H,3,6-7,15H2,(H,26,29). The van der Waals surface area contributed by atoms with E-state index in [1.165, 1.54) is 10.4 Å². The molecule has 8 heteroatoms. The van der Waals surface area contributed by atoms with Gasteiger partial charge in [0.05, 0.1) is 17.1 Å². The van der Waals surface area contributed by atoms with Crippen molar-refractivity contribution in [3.8, 4) is 0 Å². The zero-order chi connectivity index (χ0) is 22.3. The molecule has 2 N–H and O–H groups in total. The zero-order valence-corrected chi connectivity index (χ0v) is 18.0. The minimum absolute atomic E-state index is 0.0482. The number of hydrazine groups is 1. The van der Waals surface area contributed by atoms with Crippen LogP contribution in [-0.2, 0) is 21.4 Å². The van der Waals surface area contributed by atoms with Crippen molar-refractivity contribution >= 4 is 38.2 Å². The SMILES string of the molecule is O=C1C=C(NNC(=O)c2ccc(CN3c4cccc5cccc(c45)S3(=O)=O)cc2)CCC1. The molecular formula is C24H21N3O4S. The molecule has 0 atom stereocenters. The van der Waals surface area contributed by atoms with Crippen molar-refractivity contribution in [1.29, 1.82) is 0 Å². The highest BCUT2D eigenvalue weighted by atomic mass is 32.2. The topological polar surface area (TPSA) is 95.6 Å². The Kier molecular flexibility index (Phi) is 4.94. The molecule has 162 valence electrons. The first kappa shape index (κ1) is 20.3. The summed E-state index contributed by atoms with van der Waals surface area (Å²) in [6.45, 7) is 0.172. The molecule has 2 aliphatic rings.